The summed E-state index contributed by atoms with van der Waals surface area (Å²) in [6.45, 7) is 2.11. The predicted octanol–water partition coefficient (Wildman–Crippen LogP) is 1.22. The molecule has 3 rings (SSSR count). The lowest BCUT2D eigenvalue weighted by atomic mass is 9.78. The molecular weight excluding hydrogens is 306 g/mol. The van der Waals surface area contributed by atoms with Crippen molar-refractivity contribution in [1.29, 1.82) is 5.26 Å². The van der Waals surface area contributed by atoms with Crippen LogP contribution in [0, 0.1) is 18.3 Å². The Morgan fingerprint density at radius 3 is 3.05 bits per heavy atom. The number of fused-ring (bicyclic) bond motifs is 1. The number of benzene rings is 1. The smallest absolute Gasteiger partial charge is 0.439 e. The van der Waals surface area contributed by atoms with Gasteiger partial charge in [-0.15, -0.1) is 0 Å². The number of nitrogens with zero attached hydrogens (tertiary/aromatic N) is 1. The van der Waals surface area contributed by atoms with E-state index in [1.54, 1.807) is 18.2 Å². The first-order chi connectivity index (χ1) is 10.5. The van der Waals surface area contributed by atoms with Gasteiger partial charge in [0.25, 0.3) is 5.56 Å². The Hall–Kier alpha value is -2.27. The zero-order chi connectivity index (χ0) is 15.9. The summed E-state index contributed by atoms with van der Waals surface area (Å²) < 4.78 is 10.8. The molecule has 0 fully saturated rings. The molecule has 1 aliphatic rings. The molecule has 1 aromatic carbocycles. The van der Waals surface area contributed by atoms with E-state index < -0.39 is 12.7 Å². The van der Waals surface area contributed by atoms with Crippen molar-refractivity contribution in [3.05, 3.63) is 50.3 Å². The topological polar surface area (TPSA) is 95.3 Å². The fraction of sp³-hybridized carbons (Fsp3) is 0.143. The van der Waals surface area contributed by atoms with E-state index in [2.05, 4.69) is 4.98 Å². The number of rotatable bonds is 2. The van der Waals surface area contributed by atoms with Crippen LogP contribution in [0.4, 0.5) is 0 Å². The second-order valence-corrected chi connectivity index (χ2v) is 5.23. The second kappa shape index (κ2) is 5.50. The number of aromatic amines is 1. The molecule has 0 radical (unpaired) electrons. The number of hydrogen-bond acceptors (Lipinski definition) is 5. The quantitative estimate of drug-likeness (QED) is 0.812. The van der Waals surface area contributed by atoms with Gasteiger partial charge in [-0.25, -0.2) is 0 Å². The number of aromatic nitrogens is 1. The van der Waals surface area contributed by atoms with Crippen molar-refractivity contribution >= 4 is 24.2 Å². The van der Waals surface area contributed by atoms with E-state index in [1.807, 2.05) is 6.92 Å². The largest absolute Gasteiger partial charge is 0.491 e. The third-order valence-corrected chi connectivity index (χ3v) is 3.81. The van der Waals surface area contributed by atoms with Crippen LogP contribution in [0.1, 0.15) is 16.7 Å². The maximum Gasteiger partial charge on any atom is 0.491 e. The summed E-state index contributed by atoms with van der Waals surface area (Å²) in [4.78, 5) is 14.1. The van der Waals surface area contributed by atoms with Crippen LogP contribution in [0.25, 0.3) is 0 Å². The Kier molecular flexibility index (Phi) is 3.67. The average molecular weight is 317 g/mol. The third kappa shape index (κ3) is 2.37. The molecule has 1 aromatic heterocycles. The maximum atomic E-state index is 11.7. The molecule has 0 aliphatic carbocycles. The number of nitrogens with one attached hydrogen (secondary N) is 1. The number of H-pyrrole nitrogens is 1. The van der Waals surface area contributed by atoms with Crippen LogP contribution in [-0.4, -0.2) is 17.1 Å². The highest BCUT2D eigenvalue weighted by molar-refractivity contribution is 6.61. The highest BCUT2D eigenvalue weighted by Crippen LogP contribution is 2.31. The lowest BCUT2D eigenvalue weighted by Gasteiger charge is -2.12. The van der Waals surface area contributed by atoms with E-state index in [-0.39, 0.29) is 23.1 Å². The fourth-order valence-electron chi connectivity index (χ4n) is 2.30. The molecule has 0 atom stereocenters. The molecule has 0 spiro atoms. The minimum atomic E-state index is -0.930. The average Bonchev–Trinajstić information content (AvgIpc) is 2.87. The summed E-state index contributed by atoms with van der Waals surface area (Å²) in [6.07, 6.45) is 0. The van der Waals surface area contributed by atoms with Crippen LogP contribution in [0.3, 0.4) is 0 Å². The molecule has 110 valence electrons. The normalized spacial score (nSPS) is 12.9. The first kappa shape index (κ1) is 14.7. The van der Waals surface area contributed by atoms with Gasteiger partial charge in [0.1, 0.15) is 22.4 Å². The molecule has 2 aromatic rings. The Morgan fingerprint density at radius 1 is 1.55 bits per heavy atom. The van der Waals surface area contributed by atoms with E-state index >= 15 is 0 Å². The van der Waals surface area contributed by atoms with Crippen molar-refractivity contribution in [3.8, 4) is 17.7 Å². The molecule has 22 heavy (non-hydrogen) atoms. The molecule has 0 unspecified atom stereocenters. The number of halogens is 1. The first-order valence-corrected chi connectivity index (χ1v) is 6.82. The number of ether oxygens (including phenoxy) is 1. The molecule has 2 heterocycles. The molecule has 0 amide bonds. The van der Waals surface area contributed by atoms with Gasteiger partial charge < -0.3 is 14.4 Å². The maximum absolute atomic E-state index is 11.7. The molecule has 0 bridgehead atoms. The van der Waals surface area contributed by atoms with Crippen LogP contribution < -0.4 is 15.8 Å². The fourth-order valence-corrected chi connectivity index (χ4v) is 2.49. The first-order valence-electron chi connectivity index (χ1n) is 6.44. The lowest BCUT2D eigenvalue weighted by Crippen LogP contribution is -2.28. The van der Waals surface area contributed by atoms with E-state index in [0.717, 1.165) is 11.1 Å². The Morgan fingerprint density at radius 2 is 2.32 bits per heavy atom. The second-order valence-electron chi connectivity index (χ2n) is 4.82. The van der Waals surface area contributed by atoms with Gasteiger partial charge in [-0.05, 0) is 35.6 Å². The van der Waals surface area contributed by atoms with Crippen molar-refractivity contribution in [2.24, 2.45) is 0 Å². The summed E-state index contributed by atoms with van der Waals surface area (Å²) in [7, 11) is -0.930. The molecule has 6 nitrogen and oxygen atoms in total. The summed E-state index contributed by atoms with van der Waals surface area (Å²) in [5.74, 6) is 0.548. The van der Waals surface area contributed by atoms with E-state index in [4.69, 9.17) is 26.3 Å². The van der Waals surface area contributed by atoms with Gasteiger partial charge >= 0.3 is 7.12 Å². The van der Waals surface area contributed by atoms with Crippen LogP contribution >= 0.6 is 11.6 Å². The minimum Gasteiger partial charge on any atom is -0.439 e. The molecule has 2 N–H and O–H groups in total. The minimum absolute atomic E-state index is 0.0631. The number of pyridine rings is 1. The van der Waals surface area contributed by atoms with E-state index in [0.29, 0.717) is 11.2 Å². The van der Waals surface area contributed by atoms with Gasteiger partial charge in [0.05, 0.1) is 6.61 Å². The van der Waals surface area contributed by atoms with Gasteiger partial charge in [-0.1, -0.05) is 17.7 Å². The summed E-state index contributed by atoms with van der Waals surface area (Å²) in [5.41, 5.74) is 1.68. The van der Waals surface area contributed by atoms with Gasteiger partial charge in [-0.2, -0.15) is 5.26 Å². The van der Waals surface area contributed by atoms with Crippen molar-refractivity contribution in [2.45, 2.75) is 13.5 Å². The number of nitriles is 1. The van der Waals surface area contributed by atoms with Gasteiger partial charge in [0, 0.05) is 0 Å². The summed E-state index contributed by atoms with van der Waals surface area (Å²) >= 11 is 6.01. The summed E-state index contributed by atoms with van der Waals surface area (Å²) in [6, 6.07) is 6.37. The van der Waals surface area contributed by atoms with Crippen molar-refractivity contribution in [1.82, 2.24) is 4.98 Å². The van der Waals surface area contributed by atoms with Crippen molar-refractivity contribution in [2.75, 3.05) is 0 Å². The molecular formula is C14H10BClN2O4. The van der Waals surface area contributed by atoms with Crippen molar-refractivity contribution in [3.63, 3.8) is 0 Å². The highest BCUT2D eigenvalue weighted by atomic mass is 35.5. The van der Waals surface area contributed by atoms with Gasteiger partial charge in [0.2, 0.25) is 5.88 Å². The SMILES string of the molecule is Cc1c(Oc2[nH]c(=O)c(C#N)cc2Cl)ccc2c1COB2O. The predicted molar refractivity (Wildman–Crippen MR) is 80.4 cm³/mol. The van der Waals surface area contributed by atoms with Crippen LogP contribution in [-0.2, 0) is 11.3 Å². The zero-order valence-corrected chi connectivity index (χ0v) is 12.3. The monoisotopic (exact) mass is 316 g/mol. The third-order valence-electron chi connectivity index (χ3n) is 3.53. The zero-order valence-electron chi connectivity index (χ0n) is 11.5. The molecule has 0 saturated carbocycles. The summed E-state index contributed by atoms with van der Waals surface area (Å²) in [5, 5.41) is 18.6. The van der Waals surface area contributed by atoms with Crippen molar-refractivity contribution < 1.29 is 14.4 Å². The standard InChI is InChI=1S/C14H10BClN2O4/c1-7-9-6-21-15(20)10(9)2-3-12(7)22-14-11(16)4-8(5-17)13(19)18-14/h2-4,20H,6H2,1H3,(H,18,19). The van der Waals surface area contributed by atoms with E-state index in [9.17, 15) is 9.82 Å². The van der Waals surface area contributed by atoms with Crippen LogP contribution in [0.15, 0.2) is 23.0 Å². The number of hydrogen-bond donors (Lipinski definition) is 2. The Labute approximate surface area is 131 Å². The molecule has 0 saturated heterocycles. The van der Waals surface area contributed by atoms with Crippen LogP contribution in [0.5, 0.6) is 11.6 Å². The lowest BCUT2D eigenvalue weighted by molar-refractivity contribution is 0.274. The van der Waals surface area contributed by atoms with Gasteiger partial charge in [-0.3, -0.25) is 9.78 Å². The van der Waals surface area contributed by atoms with Gasteiger partial charge in [0.15, 0.2) is 0 Å². The Bertz CT molecular complexity index is 859. The molecule has 1 aliphatic heterocycles. The molecule has 8 heteroatoms. The highest BCUT2D eigenvalue weighted by Gasteiger charge is 2.29. The van der Waals surface area contributed by atoms with E-state index in [1.165, 1.54) is 6.07 Å². The van der Waals surface area contributed by atoms with Crippen LogP contribution in [0.2, 0.25) is 5.02 Å². The Balaban J connectivity index is 2.00.